The highest BCUT2D eigenvalue weighted by Gasteiger charge is 2.33. The van der Waals surface area contributed by atoms with Crippen molar-refractivity contribution in [1.29, 1.82) is 5.26 Å². The molecular formula is C16H22N2. The zero-order valence-electron chi connectivity index (χ0n) is 11.2. The highest BCUT2D eigenvalue weighted by molar-refractivity contribution is 5.54. The normalized spacial score (nSPS) is 21.8. The minimum Gasteiger partial charge on any atom is -0.383 e. The fourth-order valence-electron chi connectivity index (χ4n) is 2.74. The molecule has 0 saturated carbocycles. The van der Waals surface area contributed by atoms with Gasteiger partial charge < -0.3 is 5.32 Å². The van der Waals surface area contributed by atoms with Crippen molar-refractivity contribution in [3.05, 3.63) is 29.8 Å². The summed E-state index contributed by atoms with van der Waals surface area (Å²) >= 11 is 0. The fourth-order valence-corrected chi connectivity index (χ4v) is 2.74. The number of fused-ring (bicyclic) bond motifs is 1. The molecule has 0 saturated heterocycles. The third-order valence-corrected chi connectivity index (χ3v) is 3.91. The maximum Gasteiger partial charge on any atom is 0.0786 e. The number of para-hydroxylation sites is 1. The number of nitrogens with one attached hydrogen (secondary N) is 1. The van der Waals surface area contributed by atoms with E-state index < -0.39 is 0 Å². The monoisotopic (exact) mass is 242 g/mol. The first-order chi connectivity index (χ1) is 8.79. The minimum absolute atomic E-state index is 0.192. The number of rotatable bonds is 5. The molecule has 0 aromatic heterocycles. The van der Waals surface area contributed by atoms with Gasteiger partial charge in [0.25, 0.3) is 0 Å². The van der Waals surface area contributed by atoms with Crippen LogP contribution in [0, 0.1) is 16.7 Å². The Labute approximate surface area is 110 Å². The van der Waals surface area contributed by atoms with Crippen molar-refractivity contribution in [1.82, 2.24) is 0 Å². The number of hydrogen-bond donors (Lipinski definition) is 1. The van der Waals surface area contributed by atoms with E-state index in [1.54, 1.807) is 0 Å². The lowest BCUT2D eigenvalue weighted by Crippen LogP contribution is -2.35. The molecular weight excluding hydrogens is 220 g/mol. The molecule has 1 heterocycles. The van der Waals surface area contributed by atoms with E-state index in [1.165, 1.54) is 36.9 Å². The van der Waals surface area contributed by atoms with E-state index in [1.807, 2.05) is 6.07 Å². The molecule has 0 aliphatic carbocycles. The van der Waals surface area contributed by atoms with Crippen molar-refractivity contribution in [2.75, 3.05) is 11.9 Å². The van der Waals surface area contributed by atoms with E-state index in [0.29, 0.717) is 0 Å². The molecule has 96 valence electrons. The largest absolute Gasteiger partial charge is 0.383 e. The first kappa shape index (κ1) is 13.0. The Morgan fingerprint density at radius 1 is 1.28 bits per heavy atom. The lowest BCUT2D eigenvalue weighted by molar-refractivity contribution is 0.356. The summed E-state index contributed by atoms with van der Waals surface area (Å²) in [7, 11) is 0. The van der Waals surface area contributed by atoms with Crippen molar-refractivity contribution in [2.45, 2.75) is 45.4 Å². The van der Waals surface area contributed by atoms with Crippen molar-refractivity contribution < 1.29 is 0 Å². The van der Waals surface area contributed by atoms with Crippen molar-refractivity contribution in [3.63, 3.8) is 0 Å². The van der Waals surface area contributed by atoms with Crippen LogP contribution >= 0.6 is 0 Å². The molecule has 0 radical (unpaired) electrons. The van der Waals surface area contributed by atoms with Gasteiger partial charge in [0.2, 0.25) is 0 Å². The minimum atomic E-state index is -0.192. The Kier molecular flexibility index (Phi) is 4.25. The van der Waals surface area contributed by atoms with Crippen LogP contribution in [0.15, 0.2) is 24.3 Å². The summed E-state index contributed by atoms with van der Waals surface area (Å²) in [6, 6.07) is 10.9. The van der Waals surface area contributed by atoms with Crippen LogP contribution in [0.25, 0.3) is 0 Å². The van der Waals surface area contributed by atoms with Gasteiger partial charge in [0.05, 0.1) is 11.5 Å². The second-order valence-corrected chi connectivity index (χ2v) is 5.39. The number of hydrogen-bond acceptors (Lipinski definition) is 2. The van der Waals surface area contributed by atoms with Gasteiger partial charge in [-0.2, -0.15) is 5.26 Å². The van der Waals surface area contributed by atoms with Crippen molar-refractivity contribution in [3.8, 4) is 6.07 Å². The summed E-state index contributed by atoms with van der Waals surface area (Å²) in [5, 5.41) is 13.0. The van der Waals surface area contributed by atoms with E-state index in [4.69, 9.17) is 0 Å². The zero-order chi connectivity index (χ0) is 12.8. The molecule has 0 amide bonds. The van der Waals surface area contributed by atoms with Crippen LogP contribution in [0.2, 0.25) is 0 Å². The van der Waals surface area contributed by atoms with E-state index in [9.17, 15) is 5.26 Å². The predicted molar refractivity (Wildman–Crippen MR) is 75.4 cm³/mol. The molecule has 0 bridgehead atoms. The van der Waals surface area contributed by atoms with Crippen LogP contribution < -0.4 is 5.32 Å². The molecule has 2 nitrogen and oxygen atoms in total. The summed E-state index contributed by atoms with van der Waals surface area (Å²) in [6.45, 7) is 3.02. The van der Waals surface area contributed by atoms with Crippen LogP contribution in [-0.4, -0.2) is 6.54 Å². The molecule has 0 fully saturated rings. The Hall–Kier alpha value is -1.49. The van der Waals surface area contributed by atoms with Crippen molar-refractivity contribution in [2.24, 2.45) is 5.41 Å². The summed E-state index contributed by atoms with van der Waals surface area (Å²) in [5.74, 6) is 0. The number of unbranched alkanes of at least 4 members (excludes halogenated alkanes) is 3. The number of benzene rings is 1. The van der Waals surface area contributed by atoms with E-state index in [-0.39, 0.29) is 5.41 Å². The predicted octanol–water partition coefficient (Wildman–Crippen LogP) is 4.13. The lowest BCUT2D eigenvalue weighted by atomic mass is 9.76. The molecule has 1 aliphatic heterocycles. The molecule has 1 atom stereocenters. The van der Waals surface area contributed by atoms with Gasteiger partial charge in [0.15, 0.2) is 0 Å². The Bertz CT molecular complexity index is 433. The molecule has 1 aromatic rings. The average molecular weight is 242 g/mol. The van der Waals surface area contributed by atoms with Crippen LogP contribution in [0.1, 0.15) is 44.6 Å². The number of nitrogens with zero attached hydrogens (tertiary/aromatic N) is 1. The van der Waals surface area contributed by atoms with Gasteiger partial charge in [-0.05, 0) is 24.5 Å². The highest BCUT2D eigenvalue weighted by Crippen LogP contribution is 2.36. The third-order valence-electron chi connectivity index (χ3n) is 3.91. The van der Waals surface area contributed by atoms with E-state index in [0.717, 1.165) is 19.4 Å². The Balaban J connectivity index is 2.01. The van der Waals surface area contributed by atoms with Crippen LogP contribution in [0.3, 0.4) is 0 Å². The van der Waals surface area contributed by atoms with Gasteiger partial charge in [-0.3, -0.25) is 0 Å². The van der Waals surface area contributed by atoms with E-state index in [2.05, 4.69) is 36.5 Å². The summed E-state index contributed by atoms with van der Waals surface area (Å²) in [4.78, 5) is 0. The van der Waals surface area contributed by atoms with Crippen LogP contribution in [0.5, 0.6) is 0 Å². The third kappa shape index (κ3) is 2.85. The van der Waals surface area contributed by atoms with Crippen LogP contribution in [0.4, 0.5) is 5.69 Å². The van der Waals surface area contributed by atoms with Gasteiger partial charge >= 0.3 is 0 Å². The number of anilines is 1. The van der Waals surface area contributed by atoms with Gasteiger partial charge in [-0.1, -0.05) is 50.8 Å². The molecule has 0 unspecified atom stereocenters. The summed E-state index contributed by atoms with van der Waals surface area (Å²) < 4.78 is 0. The van der Waals surface area contributed by atoms with Gasteiger partial charge in [0, 0.05) is 12.2 Å². The van der Waals surface area contributed by atoms with Crippen LogP contribution in [-0.2, 0) is 6.42 Å². The first-order valence-electron chi connectivity index (χ1n) is 7.03. The standard InChI is InChI=1S/C16H22N2/c1-2-3-4-7-10-16(12-17)11-14-8-5-6-9-15(14)18-13-16/h5-6,8-9,18H,2-4,7,10-11,13H2,1H3/t16-/m1/s1. The Morgan fingerprint density at radius 3 is 2.89 bits per heavy atom. The maximum absolute atomic E-state index is 9.53. The fraction of sp³-hybridized carbons (Fsp3) is 0.562. The average Bonchev–Trinajstić information content (AvgIpc) is 2.43. The molecule has 2 heteroatoms. The molecule has 1 N–H and O–H groups in total. The summed E-state index contributed by atoms with van der Waals surface area (Å²) in [6.07, 6.45) is 6.88. The number of nitriles is 1. The van der Waals surface area contributed by atoms with Gasteiger partial charge in [-0.15, -0.1) is 0 Å². The smallest absolute Gasteiger partial charge is 0.0786 e. The maximum atomic E-state index is 9.53. The van der Waals surface area contributed by atoms with Crippen molar-refractivity contribution >= 4 is 5.69 Å². The van der Waals surface area contributed by atoms with Gasteiger partial charge in [-0.25, -0.2) is 0 Å². The lowest BCUT2D eigenvalue weighted by Gasteiger charge is -2.33. The zero-order valence-corrected chi connectivity index (χ0v) is 11.2. The molecule has 2 rings (SSSR count). The highest BCUT2D eigenvalue weighted by atomic mass is 14.9. The summed E-state index contributed by atoms with van der Waals surface area (Å²) in [5.41, 5.74) is 2.31. The Morgan fingerprint density at radius 2 is 2.11 bits per heavy atom. The molecule has 1 aromatic carbocycles. The quantitative estimate of drug-likeness (QED) is 0.788. The molecule has 18 heavy (non-hydrogen) atoms. The van der Waals surface area contributed by atoms with Gasteiger partial charge in [0.1, 0.15) is 0 Å². The SMILES string of the molecule is CCCCCC[C@@]1(C#N)CNc2ccccc2C1. The van der Waals surface area contributed by atoms with E-state index >= 15 is 0 Å². The second-order valence-electron chi connectivity index (χ2n) is 5.39. The molecule has 1 aliphatic rings. The topological polar surface area (TPSA) is 35.8 Å². The second kappa shape index (κ2) is 5.91. The molecule has 0 spiro atoms. The first-order valence-corrected chi connectivity index (χ1v) is 7.03.